The number of fused-ring (bicyclic) bond motifs is 1. The normalized spacial score (nSPS) is 11.1. The van der Waals surface area contributed by atoms with Crippen molar-refractivity contribution in [2.24, 2.45) is 0 Å². The zero-order valence-electron chi connectivity index (χ0n) is 13.9. The lowest BCUT2D eigenvalue weighted by atomic mass is 10.1. The summed E-state index contributed by atoms with van der Waals surface area (Å²) in [7, 11) is 0. The summed E-state index contributed by atoms with van der Waals surface area (Å²) >= 11 is 0. The number of aryl methyl sites for hydroxylation is 2. The van der Waals surface area contributed by atoms with Gasteiger partial charge in [0.05, 0.1) is 28.5 Å². The largest absolute Gasteiger partial charge is 0.331 e. The molecule has 2 aromatic heterocycles. The van der Waals surface area contributed by atoms with Gasteiger partial charge in [0.15, 0.2) is 0 Å². The molecular formula is C18H16N6O2. The van der Waals surface area contributed by atoms with Crippen LogP contribution in [-0.4, -0.2) is 29.5 Å². The molecule has 0 saturated carbocycles. The van der Waals surface area contributed by atoms with E-state index in [9.17, 15) is 10.1 Å². The Morgan fingerprint density at radius 3 is 2.65 bits per heavy atom. The summed E-state index contributed by atoms with van der Waals surface area (Å²) in [5.41, 5.74) is 3.69. The molecule has 2 heterocycles. The van der Waals surface area contributed by atoms with E-state index >= 15 is 0 Å². The van der Waals surface area contributed by atoms with Crippen molar-refractivity contribution in [2.45, 2.75) is 19.5 Å². The predicted octanol–water partition coefficient (Wildman–Crippen LogP) is 3.29. The lowest BCUT2D eigenvalue weighted by Crippen LogP contribution is -2.04. The van der Waals surface area contributed by atoms with E-state index in [1.54, 1.807) is 16.8 Å². The number of hydrogen-bond donors (Lipinski definition) is 0. The minimum Gasteiger partial charge on any atom is -0.331 e. The molecule has 2 aromatic carbocycles. The average molecular weight is 348 g/mol. The Labute approximate surface area is 148 Å². The highest BCUT2D eigenvalue weighted by Gasteiger charge is 2.08. The summed E-state index contributed by atoms with van der Waals surface area (Å²) in [6.45, 7) is 1.57. The number of aromatic nitrogens is 5. The third kappa shape index (κ3) is 3.16. The minimum absolute atomic E-state index is 0.0636. The van der Waals surface area contributed by atoms with Crippen molar-refractivity contribution in [3.63, 3.8) is 0 Å². The maximum absolute atomic E-state index is 10.7. The van der Waals surface area contributed by atoms with Crippen LogP contribution in [-0.2, 0) is 13.1 Å². The van der Waals surface area contributed by atoms with Gasteiger partial charge in [-0.05, 0) is 30.7 Å². The van der Waals surface area contributed by atoms with E-state index in [4.69, 9.17) is 0 Å². The first-order valence-electron chi connectivity index (χ1n) is 8.25. The van der Waals surface area contributed by atoms with Crippen molar-refractivity contribution in [3.05, 3.63) is 71.2 Å². The number of nitro groups is 1. The fourth-order valence-corrected chi connectivity index (χ4v) is 2.89. The summed E-state index contributed by atoms with van der Waals surface area (Å²) in [6.07, 6.45) is 4.60. The van der Waals surface area contributed by atoms with Crippen molar-refractivity contribution in [2.75, 3.05) is 0 Å². The van der Waals surface area contributed by atoms with Crippen LogP contribution in [0.4, 0.5) is 5.69 Å². The van der Waals surface area contributed by atoms with Crippen molar-refractivity contribution in [3.8, 4) is 11.3 Å². The molecule has 130 valence electrons. The molecule has 0 bridgehead atoms. The Kier molecular flexibility index (Phi) is 4.14. The summed E-state index contributed by atoms with van der Waals surface area (Å²) in [6, 6.07) is 14.4. The monoisotopic (exact) mass is 348 g/mol. The molecule has 4 aromatic rings. The van der Waals surface area contributed by atoms with Gasteiger partial charge in [0.25, 0.3) is 5.69 Å². The van der Waals surface area contributed by atoms with E-state index in [0.29, 0.717) is 5.69 Å². The maximum Gasteiger partial charge on any atom is 0.269 e. The second kappa shape index (κ2) is 6.75. The maximum atomic E-state index is 10.7. The molecule has 0 aliphatic heterocycles. The molecule has 8 nitrogen and oxygen atoms in total. The lowest BCUT2D eigenvalue weighted by Gasteiger charge is -2.04. The second-order valence-corrected chi connectivity index (χ2v) is 5.95. The smallest absolute Gasteiger partial charge is 0.269 e. The summed E-state index contributed by atoms with van der Waals surface area (Å²) in [4.78, 5) is 14.7. The van der Waals surface area contributed by atoms with Crippen LogP contribution in [0.25, 0.3) is 22.3 Å². The van der Waals surface area contributed by atoms with Crippen LogP contribution in [0.2, 0.25) is 0 Å². The number of imidazole rings is 1. The molecule has 0 N–H and O–H groups in total. The number of rotatable bonds is 6. The zero-order chi connectivity index (χ0) is 17.9. The summed E-state index contributed by atoms with van der Waals surface area (Å²) in [5, 5.41) is 19.0. The van der Waals surface area contributed by atoms with E-state index in [-0.39, 0.29) is 5.69 Å². The molecule has 4 rings (SSSR count). The minimum atomic E-state index is -0.416. The van der Waals surface area contributed by atoms with Gasteiger partial charge in [-0.2, -0.15) is 0 Å². The standard InChI is InChI=1S/C18H16N6O2/c25-24(26)15-8-6-14(7-9-15)17-12-23(21-20-17)11-3-10-22-13-19-16-4-1-2-5-18(16)22/h1-2,4-9,12-13H,3,10-11H2. The Hall–Kier alpha value is -3.55. The highest BCUT2D eigenvalue weighted by Crippen LogP contribution is 2.20. The van der Waals surface area contributed by atoms with Crippen LogP contribution >= 0.6 is 0 Å². The lowest BCUT2D eigenvalue weighted by molar-refractivity contribution is -0.384. The van der Waals surface area contributed by atoms with Gasteiger partial charge in [-0.1, -0.05) is 17.3 Å². The zero-order valence-corrected chi connectivity index (χ0v) is 13.9. The van der Waals surface area contributed by atoms with E-state index in [1.807, 2.05) is 30.7 Å². The number of benzene rings is 2. The molecule has 0 radical (unpaired) electrons. The fourth-order valence-electron chi connectivity index (χ4n) is 2.89. The number of nitro benzene ring substituents is 1. The van der Waals surface area contributed by atoms with Gasteiger partial charge in [-0.25, -0.2) is 4.98 Å². The van der Waals surface area contributed by atoms with E-state index < -0.39 is 4.92 Å². The Bertz CT molecular complexity index is 1050. The Morgan fingerprint density at radius 2 is 1.85 bits per heavy atom. The van der Waals surface area contributed by atoms with Gasteiger partial charge >= 0.3 is 0 Å². The van der Waals surface area contributed by atoms with Crippen molar-refractivity contribution in [1.29, 1.82) is 0 Å². The van der Waals surface area contributed by atoms with Gasteiger partial charge in [-0.3, -0.25) is 14.8 Å². The Morgan fingerprint density at radius 1 is 1.04 bits per heavy atom. The molecule has 26 heavy (non-hydrogen) atoms. The highest BCUT2D eigenvalue weighted by molar-refractivity contribution is 5.74. The van der Waals surface area contributed by atoms with Gasteiger partial charge < -0.3 is 4.57 Å². The first-order chi connectivity index (χ1) is 12.7. The average Bonchev–Trinajstić information content (AvgIpc) is 3.29. The SMILES string of the molecule is O=[N+]([O-])c1ccc(-c2cn(CCCn3cnc4ccccc43)nn2)cc1. The van der Waals surface area contributed by atoms with E-state index in [0.717, 1.165) is 36.1 Å². The molecule has 0 amide bonds. The van der Waals surface area contributed by atoms with Crippen LogP contribution in [0.15, 0.2) is 61.1 Å². The summed E-state index contributed by atoms with van der Waals surface area (Å²) < 4.78 is 3.92. The fraction of sp³-hybridized carbons (Fsp3) is 0.167. The first kappa shape index (κ1) is 15.9. The quantitative estimate of drug-likeness (QED) is 0.394. The van der Waals surface area contributed by atoms with Gasteiger partial charge in [-0.15, -0.1) is 5.10 Å². The van der Waals surface area contributed by atoms with Crippen LogP contribution in [0.1, 0.15) is 6.42 Å². The number of hydrogen-bond acceptors (Lipinski definition) is 5. The molecule has 0 unspecified atom stereocenters. The number of nitrogens with zero attached hydrogens (tertiary/aromatic N) is 6. The molecule has 0 aliphatic carbocycles. The van der Waals surface area contributed by atoms with Crippen molar-refractivity contribution in [1.82, 2.24) is 24.5 Å². The van der Waals surface area contributed by atoms with Crippen LogP contribution in [0, 0.1) is 10.1 Å². The predicted molar refractivity (Wildman–Crippen MR) is 96.5 cm³/mol. The van der Waals surface area contributed by atoms with Gasteiger partial charge in [0.2, 0.25) is 0 Å². The van der Waals surface area contributed by atoms with Crippen LogP contribution < -0.4 is 0 Å². The molecule has 0 spiro atoms. The highest BCUT2D eigenvalue weighted by atomic mass is 16.6. The van der Waals surface area contributed by atoms with Gasteiger partial charge in [0.1, 0.15) is 5.69 Å². The van der Waals surface area contributed by atoms with Crippen molar-refractivity contribution >= 4 is 16.7 Å². The van der Waals surface area contributed by atoms with E-state index in [1.165, 1.54) is 12.1 Å². The van der Waals surface area contributed by atoms with Crippen molar-refractivity contribution < 1.29 is 4.92 Å². The third-order valence-corrected chi connectivity index (χ3v) is 4.23. The second-order valence-electron chi connectivity index (χ2n) is 5.95. The van der Waals surface area contributed by atoms with Crippen LogP contribution in [0.5, 0.6) is 0 Å². The Balaban J connectivity index is 1.40. The molecule has 0 saturated heterocycles. The number of para-hydroxylation sites is 2. The summed E-state index contributed by atoms with van der Waals surface area (Å²) in [5.74, 6) is 0. The van der Waals surface area contributed by atoms with Crippen LogP contribution in [0.3, 0.4) is 0 Å². The number of non-ortho nitro benzene ring substituents is 1. The molecule has 0 fully saturated rings. The first-order valence-corrected chi connectivity index (χ1v) is 8.25. The molecule has 8 heteroatoms. The van der Waals surface area contributed by atoms with E-state index in [2.05, 4.69) is 25.9 Å². The van der Waals surface area contributed by atoms with Gasteiger partial charge in [0, 0.05) is 30.8 Å². The topological polar surface area (TPSA) is 91.7 Å². The molecule has 0 aliphatic rings. The molecule has 0 atom stereocenters. The molecular weight excluding hydrogens is 332 g/mol. The third-order valence-electron chi connectivity index (χ3n) is 4.23.